The first kappa shape index (κ1) is 17.0. The van der Waals surface area contributed by atoms with Gasteiger partial charge in [-0.15, -0.1) is 0 Å². The molecular weight excluding hydrogens is 372 g/mol. The van der Waals surface area contributed by atoms with Crippen molar-refractivity contribution in [2.24, 2.45) is 4.99 Å². The highest BCUT2D eigenvalue weighted by Gasteiger charge is 2.30. The third kappa shape index (κ3) is 2.84. The van der Waals surface area contributed by atoms with E-state index in [1.807, 2.05) is 60.3 Å². The number of hydrogen-bond donors (Lipinski definition) is 0. The van der Waals surface area contributed by atoms with Gasteiger partial charge in [0.15, 0.2) is 5.82 Å². The van der Waals surface area contributed by atoms with Crippen molar-refractivity contribution in [3.8, 4) is 11.1 Å². The molecule has 0 radical (unpaired) electrons. The lowest BCUT2D eigenvalue weighted by atomic mass is 9.99. The molecule has 0 N–H and O–H groups in total. The lowest BCUT2D eigenvalue weighted by Crippen LogP contribution is -2.21. The van der Waals surface area contributed by atoms with Crippen LogP contribution in [0.5, 0.6) is 0 Å². The van der Waals surface area contributed by atoms with Gasteiger partial charge in [0, 0.05) is 29.4 Å². The number of benzene rings is 1. The highest BCUT2D eigenvalue weighted by atomic mass is 35.5. The molecule has 4 heterocycles. The monoisotopic (exact) mass is 388 g/mol. The molecule has 4 aromatic rings. The van der Waals surface area contributed by atoms with E-state index < -0.39 is 0 Å². The van der Waals surface area contributed by atoms with Gasteiger partial charge in [-0.25, -0.2) is 9.67 Å². The Bertz CT molecular complexity index is 1150. The molecule has 0 aliphatic carbocycles. The zero-order valence-electron chi connectivity index (χ0n) is 15.2. The van der Waals surface area contributed by atoms with E-state index in [-0.39, 0.29) is 6.04 Å². The lowest BCUT2D eigenvalue weighted by Gasteiger charge is -2.24. The minimum atomic E-state index is 0.000972. The number of rotatable bonds is 3. The van der Waals surface area contributed by atoms with Crippen molar-refractivity contribution in [2.45, 2.75) is 19.4 Å². The number of furan rings is 1. The average Bonchev–Trinajstić information content (AvgIpc) is 3.36. The van der Waals surface area contributed by atoms with Crippen LogP contribution in [0, 0.1) is 6.92 Å². The van der Waals surface area contributed by atoms with E-state index in [1.54, 1.807) is 12.5 Å². The van der Waals surface area contributed by atoms with Crippen molar-refractivity contribution >= 4 is 23.1 Å². The normalized spacial score (nSPS) is 15.9. The molecule has 1 aromatic carbocycles. The van der Waals surface area contributed by atoms with Crippen LogP contribution < -0.4 is 0 Å². The Kier molecular flexibility index (Phi) is 4.10. The van der Waals surface area contributed by atoms with Crippen molar-refractivity contribution < 1.29 is 4.42 Å². The van der Waals surface area contributed by atoms with E-state index in [2.05, 4.69) is 11.1 Å². The highest BCUT2D eigenvalue weighted by Crippen LogP contribution is 2.41. The molecule has 0 saturated heterocycles. The van der Waals surface area contributed by atoms with Gasteiger partial charge in [-0.05, 0) is 48.4 Å². The van der Waals surface area contributed by atoms with Crippen molar-refractivity contribution in [1.82, 2.24) is 14.8 Å². The predicted molar refractivity (Wildman–Crippen MR) is 109 cm³/mol. The van der Waals surface area contributed by atoms with Crippen molar-refractivity contribution in [1.29, 1.82) is 0 Å². The summed E-state index contributed by atoms with van der Waals surface area (Å²) in [5, 5.41) is 5.55. The van der Waals surface area contributed by atoms with Gasteiger partial charge in [0.25, 0.3) is 0 Å². The summed E-state index contributed by atoms with van der Waals surface area (Å²) >= 11 is 6.08. The van der Waals surface area contributed by atoms with Gasteiger partial charge in [0.1, 0.15) is 5.76 Å². The molecule has 0 bridgehead atoms. The number of fused-ring (bicyclic) bond motifs is 1. The summed E-state index contributed by atoms with van der Waals surface area (Å²) in [6, 6.07) is 15.6. The topological polar surface area (TPSA) is 56.2 Å². The first-order valence-corrected chi connectivity index (χ1v) is 9.45. The van der Waals surface area contributed by atoms with Crippen LogP contribution in [0.1, 0.15) is 29.5 Å². The summed E-state index contributed by atoms with van der Waals surface area (Å²) in [7, 11) is 0. The van der Waals surface area contributed by atoms with Gasteiger partial charge in [-0.3, -0.25) is 4.98 Å². The zero-order chi connectivity index (χ0) is 19.1. The fourth-order valence-electron chi connectivity index (χ4n) is 3.69. The maximum Gasteiger partial charge on any atom is 0.159 e. The fourth-order valence-corrected chi connectivity index (χ4v) is 3.81. The van der Waals surface area contributed by atoms with E-state index in [9.17, 15) is 0 Å². The molecule has 3 aromatic heterocycles. The van der Waals surface area contributed by atoms with Gasteiger partial charge in [0.05, 0.1) is 23.7 Å². The van der Waals surface area contributed by atoms with Crippen LogP contribution in [-0.2, 0) is 0 Å². The second kappa shape index (κ2) is 6.77. The Morgan fingerprint density at radius 2 is 1.96 bits per heavy atom. The Morgan fingerprint density at radius 1 is 1.11 bits per heavy atom. The summed E-state index contributed by atoms with van der Waals surface area (Å²) in [6.07, 6.45) is 6.03. The molecule has 0 spiro atoms. The maximum atomic E-state index is 6.08. The molecule has 6 heteroatoms. The number of hydrogen-bond acceptors (Lipinski definition) is 4. The van der Waals surface area contributed by atoms with Crippen LogP contribution in [0.15, 0.2) is 76.6 Å². The molecule has 0 fully saturated rings. The summed E-state index contributed by atoms with van der Waals surface area (Å²) < 4.78 is 7.65. The molecule has 5 nitrogen and oxygen atoms in total. The van der Waals surface area contributed by atoms with Gasteiger partial charge in [0.2, 0.25) is 0 Å². The largest absolute Gasteiger partial charge is 0.463 e. The number of aliphatic imine (C=N–C) groups is 1. The summed E-state index contributed by atoms with van der Waals surface area (Å²) in [5.74, 6) is 1.60. The quantitative estimate of drug-likeness (QED) is 0.458. The van der Waals surface area contributed by atoms with Crippen LogP contribution >= 0.6 is 11.6 Å². The minimum Gasteiger partial charge on any atom is -0.463 e. The Balaban J connectivity index is 1.72. The highest BCUT2D eigenvalue weighted by molar-refractivity contribution is 6.30. The SMILES string of the molecule is Cc1nn2c(c1-c1ccc(Cl)cc1)N=C(c1ccco1)C[C@@H]2c1cccnc1. The number of halogens is 1. The first-order valence-electron chi connectivity index (χ1n) is 9.07. The second-order valence-electron chi connectivity index (χ2n) is 6.78. The Labute approximate surface area is 167 Å². The van der Waals surface area contributed by atoms with Crippen molar-refractivity contribution in [3.63, 3.8) is 0 Å². The molecule has 0 amide bonds. The standard InChI is InChI=1S/C22H17ClN4O/c1-14-21(15-6-8-17(23)9-7-15)22-25-18(20-5-3-11-28-20)12-19(27(22)26-14)16-4-2-10-24-13-16/h2-11,13,19H,12H2,1H3/t19-/m1/s1. The smallest absolute Gasteiger partial charge is 0.159 e. The van der Waals surface area contributed by atoms with Gasteiger partial charge < -0.3 is 4.42 Å². The number of pyridine rings is 1. The third-order valence-electron chi connectivity index (χ3n) is 4.99. The zero-order valence-corrected chi connectivity index (χ0v) is 16.0. The minimum absolute atomic E-state index is 0.000972. The van der Waals surface area contributed by atoms with Crippen LogP contribution in [0.3, 0.4) is 0 Å². The van der Waals surface area contributed by atoms with E-state index >= 15 is 0 Å². The second-order valence-corrected chi connectivity index (χ2v) is 7.21. The number of aromatic nitrogens is 3. The summed E-state index contributed by atoms with van der Waals surface area (Å²) in [6.45, 7) is 2.01. The molecule has 0 saturated carbocycles. The predicted octanol–water partition coefficient (Wildman–Crippen LogP) is 5.61. The van der Waals surface area contributed by atoms with Gasteiger partial charge in [-0.2, -0.15) is 5.10 Å². The molecular formula is C22H17ClN4O. The van der Waals surface area contributed by atoms with Crippen LogP contribution in [0.4, 0.5) is 5.82 Å². The molecule has 138 valence electrons. The van der Waals surface area contributed by atoms with Gasteiger partial charge >= 0.3 is 0 Å². The molecule has 0 unspecified atom stereocenters. The Morgan fingerprint density at radius 3 is 2.68 bits per heavy atom. The van der Waals surface area contributed by atoms with Gasteiger partial charge in [-0.1, -0.05) is 29.8 Å². The molecule has 1 atom stereocenters. The molecule has 1 aliphatic heterocycles. The van der Waals surface area contributed by atoms with Crippen LogP contribution in [-0.4, -0.2) is 20.5 Å². The molecule has 1 aliphatic rings. The number of nitrogens with zero attached hydrogens (tertiary/aromatic N) is 4. The fraction of sp³-hybridized carbons (Fsp3) is 0.136. The summed E-state index contributed by atoms with van der Waals surface area (Å²) in [5.41, 5.74) is 4.97. The van der Waals surface area contributed by atoms with Crippen molar-refractivity contribution in [2.75, 3.05) is 0 Å². The van der Waals surface area contributed by atoms with E-state index in [0.29, 0.717) is 11.4 Å². The van der Waals surface area contributed by atoms with E-state index in [4.69, 9.17) is 26.1 Å². The van der Waals surface area contributed by atoms with E-state index in [1.165, 1.54) is 0 Å². The number of aryl methyl sites for hydroxylation is 1. The maximum absolute atomic E-state index is 6.08. The summed E-state index contributed by atoms with van der Waals surface area (Å²) in [4.78, 5) is 9.25. The molecule has 28 heavy (non-hydrogen) atoms. The Hall–Kier alpha value is -3.18. The molecule has 5 rings (SSSR count). The van der Waals surface area contributed by atoms with Crippen LogP contribution in [0.2, 0.25) is 5.02 Å². The van der Waals surface area contributed by atoms with Crippen LogP contribution in [0.25, 0.3) is 11.1 Å². The third-order valence-corrected chi connectivity index (χ3v) is 5.24. The van der Waals surface area contributed by atoms with Crippen molar-refractivity contribution in [3.05, 3.63) is 89.2 Å². The lowest BCUT2D eigenvalue weighted by molar-refractivity contribution is 0.512. The first-order chi connectivity index (χ1) is 13.7. The van der Waals surface area contributed by atoms with E-state index in [0.717, 1.165) is 39.7 Å². The average molecular weight is 389 g/mol.